The van der Waals surface area contributed by atoms with Crippen LogP contribution >= 0.6 is 68.0 Å². The molecule has 10 bridgehead atoms. The summed E-state index contributed by atoms with van der Waals surface area (Å²) in [7, 11) is 2.93. The summed E-state index contributed by atoms with van der Waals surface area (Å²) in [6.07, 6.45) is 1.07. The maximum atomic E-state index is 14.5. The summed E-state index contributed by atoms with van der Waals surface area (Å²) < 4.78 is 11.5. The van der Waals surface area contributed by atoms with E-state index in [4.69, 9.17) is 44.4 Å². The van der Waals surface area contributed by atoms with Gasteiger partial charge in [-0.3, -0.25) is 38.5 Å². The van der Waals surface area contributed by atoms with Gasteiger partial charge in [-0.15, -0.1) is 68.0 Å². The maximum absolute atomic E-state index is 14.5. The van der Waals surface area contributed by atoms with Gasteiger partial charge in [-0.2, -0.15) is 0 Å². The molecule has 7 aromatic heterocycles. The number of carbonyl (C=O) groups excluding carboxylic acids is 6. The molecular weight excluding hydrogens is 1330 g/mol. The van der Waals surface area contributed by atoms with Gasteiger partial charge in [0, 0.05) is 59.1 Å². The van der Waals surface area contributed by atoms with Crippen LogP contribution in [0.15, 0.2) is 64.0 Å². The number of benzene rings is 1. The van der Waals surface area contributed by atoms with Gasteiger partial charge in [-0.25, -0.2) is 39.7 Å². The highest BCUT2D eigenvalue weighted by Crippen LogP contribution is 2.41. The SMILES string of the molecule is CNC(=O)C[C@@H]1NC(=O)c2csc(n2)-c2ccc(-c3nc(N(CCCCCCC(=O)O)C(=O)OC4CCC(C(=O)O)CC4)cs3)nc2-c2csc(n2)-c2csc(n2)[C@H]([C@@H](O)c2ccccc2)NC(=O)CNC(=O)c2nc(sc2COC)C(C(C)C)NC(=O)c2nc1sc2C. The maximum Gasteiger partial charge on any atom is 0.415 e. The van der Waals surface area contributed by atoms with Crippen molar-refractivity contribution in [3.05, 3.63) is 111 Å². The number of amides is 6. The predicted molar refractivity (Wildman–Crippen MR) is 355 cm³/mol. The van der Waals surface area contributed by atoms with Crippen LogP contribution in [0.3, 0.4) is 0 Å². The molecule has 1 aliphatic heterocycles. The largest absolute Gasteiger partial charge is 0.481 e. The van der Waals surface area contributed by atoms with Crippen molar-refractivity contribution in [2.45, 2.75) is 122 Å². The third-order valence-corrected chi connectivity index (χ3v) is 21.3. The molecule has 0 spiro atoms. The second-order valence-electron chi connectivity index (χ2n) is 22.6. The highest BCUT2D eigenvalue weighted by molar-refractivity contribution is 7.15. The van der Waals surface area contributed by atoms with Crippen LogP contribution in [0.5, 0.6) is 0 Å². The summed E-state index contributed by atoms with van der Waals surface area (Å²) in [5, 5.41) is 53.9. The highest BCUT2D eigenvalue weighted by atomic mass is 32.1. The van der Waals surface area contributed by atoms with Crippen molar-refractivity contribution in [3.63, 3.8) is 0 Å². The van der Waals surface area contributed by atoms with Gasteiger partial charge in [0.2, 0.25) is 11.8 Å². The van der Waals surface area contributed by atoms with Gasteiger partial charge < -0.3 is 51.4 Å². The number of nitrogens with zero attached hydrogens (tertiary/aromatic N) is 8. The quantitative estimate of drug-likeness (QED) is 0.0370. The smallest absolute Gasteiger partial charge is 0.415 e. The van der Waals surface area contributed by atoms with Crippen molar-refractivity contribution in [2.24, 2.45) is 11.8 Å². The number of thiazole rings is 6. The van der Waals surface area contributed by atoms with Crippen LogP contribution in [0.2, 0.25) is 0 Å². The third kappa shape index (κ3) is 16.6. The Balaban J connectivity index is 1.03. The van der Waals surface area contributed by atoms with Crippen molar-refractivity contribution in [2.75, 3.05) is 32.1 Å². The average molecular weight is 1390 g/mol. The molecule has 4 atom stereocenters. The number of carbonyl (C=O) groups is 8. The van der Waals surface area contributed by atoms with Crippen LogP contribution in [0.25, 0.3) is 43.4 Å². The van der Waals surface area contributed by atoms with E-state index in [-0.39, 0.29) is 59.8 Å². The standard InChI is InChI=1S/C62H67N13O13S6/c1-30(2)46-60-74-49(41(94-60)25-87-5)53(82)64-24-44(77)71-50(51(80)32-13-9-8-10-14-32)59-69-40(28-91-59)57-67-38(26-90-57)48-35(55-68-39(27-89-55)52(81)66-37(23-43(76)63-4)58-73-47(31(3)93-58)54(83)72-46)20-21-36(65-48)56-70-42(29-92-56)75(22-12-7-6-11-15-45(78)79)62(86)88-34-18-16-33(17-19-34)61(84)85/h8-10,13-14,20-21,26-30,33-34,37,46,50-51,80H,6-7,11-12,15-19,22-25H2,1-5H3,(H,63,76)(H,64,82)(H,66,81)(H,71,77)(H,72,83)(H,78,79)(H,84,85)/t33?,34?,37-,46?,50-,51-/m0/s1. The Morgan fingerprint density at radius 1 is 0.681 bits per heavy atom. The number of aliphatic hydroxyl groups is 1. The first-order valence-corrected chi connectivity index (χ1v) is 35.3. The van der Waals surface area contributed by atoms with E-state index in [1.807, 2.05) is 13.8 Å². The second-order valence-corrected chi connectivity index (χ2v) is 28.4. The molecule has 0 radical (unpaired) electrons. The van der Waals surface area contributed by atoms with Gasteiger partial charge in [0.05, 0.1) is 48.1 Å². The lowest BCUT2D eigenvalue weighted by Gasteiger charge is -2.28. The Bertz CT molecular complexity index is 4060. The molecule has 8 heterocycles. The van der Waals surface area contributed by atoms with Crippen LogP contribution in [0.1, 0.15) is 164 Å². The third-order valence-electron chi connectivity index (χ3n) is 15.5. The summed E-state index contributed by atoms with van der Waals surface area (Å²) in [6, 6.07) is 9.35. The van der Waals surface area contributed by atoms with Gasteiger partial charge >= 0.3 is 18.0 Å². The number of carboxylic acid groups (broad SMARTS) is 2. The number of hydrogen-bond donors (Lipinski definition) is 8. The Morgan fingerprint density at radius 2 is 1.38 bits per heavy atom. The molecule has 10 rings (SSSR count). The normalized spacial score (nSPS) is 18.3. The van der Waals surface area contributed by atoms with Crippen LogP contribution in [-0.2, 0) is 35.3 Å². The Labute approximate surface area is 563 Å². The molecule has 1 aromatic carbocycles. The van der Waals surface area contributed by atoms with Crippen molar-refractivity contribution >= 4 is 121 Å². The molecule has 32 heteroatoms. The van der Waals surface area contributed by atoms with Crippen LogP contribution in [-0.4, -0.2) is 131 Å². The van der Waals surface area contributed by atoms with E-state index in [0.717, 1.165) is 34.0 Å². The van der Waals surface area contributed by atoms with Crippen molar-refractivity contribution < 1.29 is 63.1 Å². The molecule has 0 saturated heterocycles. The molecule has 1 fully saturated rings. The number of anilines is 1. The lowest BCUT2D eigenvalue weighted by Crippen LogP contribution is -2.40. The minimum Gasteiger partial charge on any atom is -0.481 e. The molecule has 94 heavy (non-hydrogen) atoms. The number of aliphatic hydroxyl groups excluding tert-OH is 1. The molecule has 6 amide bonds. The number of ether oxygens (including phenoxy) is 2. The summed E-state index contributed by atoms with van der Waals surface area (Å²) in [5.41, 5.74) is 2.45. The number of aromatic nitrogens is 7. The minimum absolute atomic E-state index is 0.00193. The summed E-state index contributed by atoms with van der Waals surface area (Å²) >= 11 is 7.08. The van der Waals surface area contributed by atoms with E-state index in [1.165, 1.54) is 53.1 Å². The Hall–Kier alpha value is -8.37. The lowest BCUT2D eigenvalue weighted by atomic mass is 9.87. The number of rotatable bonds is 18. The zero-order chi connectivity index (χ0) is 66.7. The molecule has 8 N–H and O–H groups in total. The van der Waals surface area contributed by atoms with Crippen LogP contribution in [0.4, 0.5) is 10.6 Å². The van der Waals surface area contributed by atoms with Gasteiger partial charge in [-0.1, -0.05) is 57.0 Å². The predicted octanol–water partition coefficient (Wildman–Crippen LogP) is 9.93. The van der Waals surface area contributed by atoms with Crippen molar-refractivity contribution in [3.8, 4) is 43.4 Å². The van der Waals surface area contributed by atoms with E-state index in [0.29, 0.717) is 120 Å². The van der Waals surface area contributed by atoms with Gasteiger partial charge in [0.1, 0.15) is 88.3 Å². The van der Waals surface area contributed by atoms with Crippen molar-refractivity contribution in [1.82, 2.24) is 61.5 Å². The molecule has 1 aliphatic carbocycles. The van der Waals surface area contributed by atoms with Gasteiger partial charge in [-0.05, 0) is 69.1 Å². The summed E-state index contributed by atoms with van der Waals surface area (Å²) in [6.45, 7) is 5.10. The molecular formula is C62H67N13O13S6. The number of hydrogen-bond acceptors (Lipinski definition) is 24. The van der Waals surface area contributed by atoms with E-state index in [2.05, 4.69) is 26.6 Å². The van der Waals surface area contributed by atoms with E-state index >= 15 is 0 Å². The number of aliphatic carboxylic acids is 2. The van der Waals surface area contributed by atoms with Crippen LogP contribution < -0.4 is 31.5 Å². The first-order chi connectivity index (χ1) is 45.2. The molecule has 1 unspecified atom stereocenters. The number of nitrogens with one attached hydrogen (secondary N) is 5. The summed E-state index contributed by atoms with van der Waals surface area (Å²) in [5.74, 6) is -5.25. The van der Waals surface area contributed by atoms with E-state index in [9.17, 15) is 53.7 Å². The van der Waals surface area contributed by atoms with E-state index in [1.54, 1.807) is 70.9 Å². The molecule has 494 valence electrons. The fraction of sp³-hybridized carbons (Fsp3) is 0.403. The first-order valence-electron chi connectivity index (χ1n) is 30.1. The highest BCUT2D eigenvalue weighted by Gasteiger charge is 2.35. The van der Waals surface area contributed by atoms with E-state index < -0.39 is 90.4 Å². The molecule has 26 nitrogen and oxygen atoms in total. The Kier molecular flexibility index (Phi) is 22.8. The number of aryl methyl sites for hydroxylation is 1. The minimum atomic E-state index is -1.31. The molecule has 2 aliphatic rings. The first kappa shape index (κ1) is 68.5. The topological polar surface area (TPSA) is 369 Å². The number of fused-ring (bicyclic) bond motifs is 14. The number of pyridine rings is 1. The molecule has 1 saturated carbocycles. The monoisotopic (exact) mass is 1390 g/mol. The fourth-order valence-electron chi connectivity index (χ4n) is 10.5. The van der Waals surface area contributed by atoms with Crippen molar-refractivity contribution in [1.29, 1.82) is 0 Å². The number of methoxy groups -OCH3 is 1. The zero-order valence-electron chi connectivity index (χ0n) is 51.5. The van der Waals surface area contributed by atoms with Gasteiger partial charge in [0.25, 0.3) is 17.7 Å². The molecule has 8 aromatic rings. The zero-order valence-corrected chi connectivity index (χ0v) is 56.4. The Morgan fingerprint density at radius 3 is 2.12 bits per heavy atom. The lowest BCUT2D eigenvalue weighted by molar-refractivity contribution is -0.143. The number of unbranched alkanes of at least 4 members (excludes halogenated alkanes) is 3. The number of carboxylic acids is 2. The second kappa shape index (κ2) is 31.2. The fourth-order valence-corrected chi connectivity index (χ4v) is 16.1. The van der Waals surface area contributed by atoms with Crippen LogP contribution in [0, 0.1) is 18.8 Å². The van der Waals surface area contributed by atoms with Gasteiger partial charge in [0.15, 0.2) is 0 Å². The average Bonchev–Trinajstić information content (AvgIpc) is 1.62. The summed E-state index contributed by atoms with van der Waals surface area (Å²) in [4.78, 5) is 144.